The second kappa shape index (κ2) is 10.4. The van der Waals surface area contributed by atoms with E-state index in [9.17, 15) is 0 Å². The molecule has 0 saturated carbocycles. The molecule has 1 saturated heterocycles. The zero-order chi connectivity index (χ0) is 13.9. The molecule has 0 spiro atoms. The Hall–Kier alpha value is -0.340. The molecule has 112 valence electrons. The maximum absolute atomic E-state index is 6.03. The van der Waals surface area contributed by atoms with E-state index in [-0.39, 0.29) is 0 Å². The molecule has 3 atom stereocenters. The molecule has 0 aromatic heterocycles. The molecule has 1 aliphatic heterocycles. The molecule has 0 radical (unpaired) electrons. The predicted molar refractivity (Wildman–Crippen MR) is 81.5 cm³/mol. The lowest BCUT2D eigenvalue weighted by Crippen LogP contribution is -2.35. The third kappa shape index (κ3) is 7.74. The van der Waals surface area contributed by atoms with E-state index in [1.807, 2.05) is 6.08 Å². The van der Waals surface area contributed by atoms with Crippen molar-refractivity contribution in [2.24, 2.45) is 0 Å². The van der Waals surface area contributed by atoms with Crippen LogP contribution in [-0.2, 0) is 9.47 Å². The molecule has 1 fully saturated rings. The SMILES string of the molecule is C=CCCOC1CC(C)OC(CCCCCCC)C1. The van der Waals surface area contributed by atoms with Gasteiger partial charge in [-0.15, -0.1) is 6.58 Å². The fourth-order valence-corrected chi connectivity index (χ4v) is 2.81. The molecule has 1 heterocycles. The minimum atomic E-state index is 0.350. The van der Waals surface area contributed by atoms with Crippen LogP contribution in [0, 0.1) is 0 Å². The summed E-state index contributed by atoms with van der Waals surface area (Å²) in [5.74, 6) is 0. The van der Waals surface area contributed by atoms with Crippen LogP contribution in [0.25, 0.3) is 0 Å². The number of ether oxygens (including phenoxy) is 2. The van der Waals surface area contributed by atoms with Crippen molar-refractivity contribution < 1.29 is 9.47 Å². The highest BCUT2D eigenvalue weighted by molar-refractivity contribution is 4.77. The van der Waals surface area contributed by atoms with Gasteiger partial charge in [-0.05, 0) is 32.6 Å². The monoisotopic (exact) mass is 268 g/mol. The summed E-state index contributed by atoms with van der Waals surface area (Å²) in [6, 6.07) is 0. The van der Waals surface area contributed by atoms with Crippen LogP contribution in [0.3, 0.4) is 0 Å². The number of unbranched alkanes of at least 4 members (excludes halogenated alkanes) is 4. The van der Waals surface area contributed by atoms with Gasteiger partial charge in [0.05, 0.1) is 24.9 Å². The molecule has 0 aliphatic carbocycles. The third-order valence-corrected chi connectivity index (χ3v) is 3.85. The molecule has 1 rings (SSSR count). The molecule has 2 nitrogen and oxygen atoms in total. The highest BCUT2D eigenvalue weighted by Crippen LogP contribution is 2.25. The first-order chi connectivity index (χ1) is 9.26. The van der Waals surface area contributed by atoms with Crippen molar-refractivity contribution in [2.75, 3.05) is 6.61 Å². The first kappa shape index (κ1) is 16.7. The van der Waals surface area contributed by atoms with Gasteiger partial charge in [0.25, 0.3) is 0 Å². The van der Waals surface area contributed by atoms with Gasteiger partial charge >= 0.3 is 0 Å². The Morgan fingerprint density at radius 3 is 2.74 bits per heavy atom. The van der Waals surface area contributed by atoms with Gasteiger partial charge in [-0.1, -0.05) is 45.1 Å². The van der Waals surface area contributed by atoms with Gasteiger partial charge in [0.2, 0.25) is 0 Å². The Labute approximate surface area is 119 Å². The predicted octanol–water partition coefficient (Wildman–Crippen LogP) is 4.88. The topological polar surface area (TPSA) is 18.5 Å². The molecule has 0 amide bonds. The molecular formula is C17H32O2. The number of hydrogen-bond acceptors (Lipinski definition) is 2. The van der Waals surface area contributed by atoms with Crippen LogP contribution in [0.1, 0.15) is 71.6 Å². The average Bonchev–Trinajstić information content (AvgIpc) is 2.38. The van der Waals surface area contributed by atoms with Crippen molar-refractivity contribution in [3.05, 3.63) is 12.7 Å². The Morgan fingerprint density at radius 2 is 2.00 bits per heavy atom. The van der Waals surface area contributed by atoms with Crippen LogP contribution in [0.5, 0.6) is 0 Å². The summed E-state index contributed by atoms with van der Waals surface area (Å²) in [4.78, 5) is 0. The van der Waals surface area contributed by atoms with Crippen LogP contribution in [0.15, 0.2) is 12.7 Å². The van der Waals surface area contributed by atoms with Gasteiger partial charge in [0.15, 0.2) is 0 Å². The van der Waals surface area contributed by atoms with Gasteiger partial charge in [0, 0.05) is 0 Å². The zero-order valence-electron chi connectivity index (χ0n) is 12.9. The van der Waals surface area contributed by atoms with Crippen molar-refractivity contribution in [1.29, 1.82) is 0 Å². The molecule has 0 bridgehead atoms. The van der Waals surface area contributed by atoms with E-state index in [1.54, 1.807) is 0 Å². The maximum Gasteiger partial charge on any atom is 0.0624 e. The Balaban J connectivity index is 2.16. The van der Waals surface area contributed by atoms with Crippen molar-refractivity contribution in [3.63, 3.8) is 0 Å². The van der Waals surface area contributed by atoms with Crippen molar-refractivity contribution >= 4 is 0 Å². The first-order valence-electron chi connectivity index (χ1n) is 8.14. The molecule has 0 N–H and O–H groups in total. The summed E-state index contributed by atoms with van der Waals surface area (Å²) in [5, 5.41) is 0. The van der Waals surface area contributed by atoms with Crippen LogP contribution in [0.2, 0.25) is 0 Å². The van der Waals surface area contributed by atoms with E-state index in [0.29, 0.717) is 18.3 Å². The Kier molecular flexibility index (Phi) is 9.19. The van der Waals surface area contributed by atoms with Gasteiger partial charge in [-0.3, -0.25) is 0 Å². The number of rotatable bonds is 10. The highest BCUT2D eigenvalue weighted by atomic mass is 16.5. The van der Waals surface area contributed by atoms with E-state index in [4.69, 9.17) is 9.47 Å². The summed E-state index contributed by atoms with van der Waals surface area (Å²) in [7, 11) is 0. The van der Waals surface area contributed by atoms with Crippen molar-refractivity contribution in [2.45, 2.75) is 89.9 Å². The number of hydrogen-bond donors (Lipinski definition) is 0. The quantitative estimate of drug-likeness (QED) is 0.415. The van der Waals surface area contributed by atoms with Crippen LogP contribution in [-0.4, -0.2) is 24.9 Å². The fourth-order valence-electron chi connectivity index (χ4n) is 2.81. The van der Waals surface area contributed by atoms with Crippen LogP contribution >= 0.6 is 0 Å². The second-order valence-corrected chi connectivity index (χ2v) is 5.81. The standard InChI is InChI=1S/C17H32O2/c1-4-6-8-9-10-11-16-14-17(13-15(3)19-16)18-12-7-5-2/h5,15-17H,2,4,6-14H2,1,3H3. The third-order valence-electron chi connectivity index (χ3n) is 3.85. The smallest absolute Gasteiger partial charge is 0.0624 e. The second-order valence-electron chi connectivity index (χ2n) is 5.81. The largest absolute Gasteiger partial charge is 0.378 e. The summed E-state index contributed by atoms with van der Waals surface area (Å²) in [5.41, 5.74) is 0. The lowest BCUT2D eigenvalue weighted by atomic mass is 9.97. The summed E-state index contributed by atoms with van der Waals surface area (Å²) in [6.45, 7) is 8.98. The molecule has 0 aromatic rings. The maximum atomic E-state index is 6.03. The van der Waals surface area contributed by atoms with Crippen molar-refractivity contribution in [3.8, 4) is 0 Å². The van der Waals surface area contributed by atoms with E-state index < -0.39 is 0 Å². The molecule has 1 aliphatic rings. The van der Waals surface area contributed by atoms with Gasteiger partial charge in [0.1, 0.15) is 0 Å². The van der Waals surface area contributed by atoms with Crippen molar-refractivity contribution in [1.82, 2.24) is 0 Å². The summed E-state index contributed by atoms with van der Waals surface area (Å²) < 4.78 is 11.9. The van der Waals surface area contributed by atoms with Gasteiger partial charge < -0.3 is 9.47 Å². The van der Waals surface area contributed by atoms with Gasteiger partial charge in [-0.2, -0.15) is 0 Å². The average molecular weight is 268 g/mol. The molecule has 19 heavy (non-hydrogen) atoms. The highest BCUT2D eigenvalue weighted by Gasteiger charge is 2.27. The fraction of sp³-hybridized carbons (Fsp3) is 0.882. The summed E-state index contributed by atoms with van der Waals surface area (Å²) in [6.07, 6.45) is 14.1. The Morgan fingerprint density at radius 1 is 1.21 bits per heavy atom. The Bertz CT molecular complexity index is 227. The van der Waals surface area contributed by atoms with Crippen LogP contribution in [0.4, 0.5) is 0 Å². The van der Waals surface area contributed by atoms with E-state index in [0.717, 1.165) is 25.9 Å². The molecule has 0 aromatic carbocycles. The van der Waals surface area contributed by atoms with E-state index in [2.05, 4.69) is 20.4 Å². The lowest BCUT2D eigenvalue weighted by molar-refractivity contribution is -0.110. The summed E-state index contributed by atoms with van der Waals surface area (Å²) >= 11 is 0. The van der Waals surface area contributed by atoms with Crippen LogP contribution < -0.4 is 0 Å². The molecule has 2 heteroatoms. The van der Waals surface area contributed by atoms with E-state index >= 15 is 0 Å². The molecule has 3 unspecified atom stereocenters. The zero-order valence-corrected chi connectivity index (χ0v) is 12.9. The van der Waals surface area contributed by atoms with Gasteiger partial charge in [-0.25, -0.2) is 0 Å². The minimum Gasteiger partial charge on any atom is -0.378 e. The minimum absolute atomic E-state index is 0.350. The first-order valence-corrected chi connectivity index (χ1v) is 8.14. The van der Waals surface area contributed by atoms with E-state index in [1.165, 1.54) is 38.5 Å². The normalized spacial score (nSPS) is 27.4. The lowest BCUT2D eigenvalue weighted by Gasteiger charge is -2.34. The molecular weight excluding hydrogens is 236 g/mol.